The van der Waals surface area contributed by atoms with Gasteiger partial charge in [0.1, 0.15) is 0 Å². The van der Waals surface area contributed by atoms with Crippen LogP contribution < -0.4 is 10.1 Å². The normalized spacial score (nSPS) is 14.7. The lowest BCUT2D eigenvalue weighted by Crippen LogP contribution is -2.18. The predicted molar refractivity (Wildman–Crippen MR) is 45.5 cm³/mol. The third-order valence-corrected chi connectivity index (χ3v) is 1.95. The summed E-state index contributed by atoms with van der Waals surface area (Å²) in [5.41, 5.74) is 0.626. The highest BCUT2D eigenvalue weighted by Crippen LogP contribution is 2.36. The van der Waals surface area contributed by atoms with E-state index in [9.17, 15) is 18.0 Å². The summed E-state index contributed by atoms with van der Waals surface area (Å²) in [6.07, 6.45) is -4.66. The number of nitrogens with one attached hydrogen (secondary N) is 1. The molecule has 0 fully saturated rings. The van der Waals surface area contributed by atoms with E-state index in [1.165, 1.54) is 6.07 Å². The van der Waals surface area contributed by atoms with Gasteiger partial charge in [0.15, 0.2) is 5.75 Å². The molecule has 1 amide bonds. The topological polar surface area (TPSA) is 38.3 Å². The molecule has 0 saturated heterocycles. The average molecular weight is 217 g/mol. The fourth-order valence-electron chi connectivity index (χ4n) is 1.43. The van der Waals surface area contributed by atoms with E-state index in [0.29, 0.717) is 5.56 Å². The number of alkyl halides is 3. The van der Waals surface area contributed by atoms with E-state index >= 15 is 0 Å². The molecule has 1 heterocycles. The zero-order chi connectivity index (χ0) is 11.1. The maximum absolute atomic E-state index is 12.0. The number of fused-ring (bicyclic) bond motifs is 1. The van der Waals surface area contributed by atoms with Gasteiger partial charge < -0.3 is 10.1 Å². The Labute approximate surface area is 82.8 Å². The Morgan fingerprint density at radius 3 is 2.73 bits per heavy atom. The molecule has 15 heavy (non-hydrogen) atoms. The van der Waals surface area contributed by atoms with Crippen LogP contribution >= 0.6 is 0 Å². The van der Waals surface area contributed by atoms with Crippen LogP contribution in [-0.2, 0) is 11.2 Å². The zero-order valence-corrected chi connectivity index (χ0v) is 7.39. The number of hydrogen-bond acceptors (Lipinski definition) is 2. The summed E-state index contributed by atoms with van der Waals surface area (Å²) in [7, 11) is 0. The van der Waals surface area contributed by atoms with Gasteiger partial charge in [0.2, 0.25) is 5.91 Å². The van der Waals surface area contributed by atoms with Crippen molar-refractivity contribution in [2.75, 3.05) is 5.32 Å². The first-order valence-corrected chi connectivity index (χ1v) is 4.13. The van der Waals surface area contributed by atoms with Crippen LogP contribution in [0.2, 0.25) is 0 Å². The molecule has 0 aromatic heterocycles. The summed E-state index contributed by atoms with van der Waals surface area (Å²) in [6.45, 7) is 0. The first-order valence-electron chi connectivity index (χ1n) is 4.13. The quantitative estimate of drug-likeness (QED) is 0.782. The molecule has 1 aliphatic heterocycles. The van der Waals surface area contributed by atoms with Crippen molar-refractivity contribution in [2.24, 2.45) is 0 Å². The molecule has 0 bridgehead atoms. The summed E-state index contributed by atoms with van der Waals surface area (Å²) in [6, 6.07) is 4.16. The number of rotatable bonds is 1. The molecule has 1 N–H and O–H groups in total. The maximum atomic E-state index is 12.0. The lowest BCUT2D eigenvalue weighted by molar-refractivity contribution is -0.274. The Kier molecular flexibility index (Phi) is 2.06. The number of amides is 1. The number of benzene rings is 1. The van der Waals surface area contributed by atoms with Gasteiger partial charge in [-0.2, -0.15) is 0 Å². The number of para-hydroxylation sites is 1. The van der Waals surface area contributed by atoms with Gasteiger partial charge in [-0.1, -0.05) is 12.1 Å². The zero-order valence-electron chi connectivity index (χ0n) is 7.39. The van der Waals surface area contributed by atoms with Crippen molar-refractivity contribution in [1.82, 2.24) is 0 Å². The van der Waals surface area contributed by atoms with Crippen LogP contribution in [0.25, 0.3) is 0 Å². The molecule has 0 radical (unpaired) electrons. The molecule has 3 nitrogen and oxygen atoms in total. The molecule has 0 aliphatic carbocycles. The van der Waals surface area contributed by atoms with Crippen LogP contribution in [0.1, 0.15) is 5.56 Å². The number of halogens is 3. The van der Waals surface area contributed by atoms with Gasteiger partial charge in [0.05, 0.1) is 12.1 Å². The molecule has 0 spiro atoms. The van der Waals surface area contributed by atoms with Gasteiger partial charge in [-0.25, -0.2) is 0 Å². The second-order valence-electron chi connectivity index (χ2n) is 3.06. The van der Waals surface area contributed by atoms with E-state index in [-0.39, 0.29) is 23.8 Å². The van der Waals surface area contributed by atoms with E-state index in [0.717, 1.165) is 6.07 Å². The molecule has 80 valence electrons. The number of hydrogen-bond donors (Lipinski definition) is 1. The highest BCUT2D eigenvalue weighted by Gasteiger charge is 2.33. The van der Waals surface area contributed by atoms with Crippen LogP contribution in [0, 0.1) is 0 Å². The molecule has 1 aromatic carbocycles. The minimum absolute atomic E-state index is 0.0877. The van der Waals surface area contributed by atoms with Gasteiger partial charge in [-0.3, -0.25) is 4.79 Å². The van der Waals surface area contributed by atoms with Crippen molar-refractivity contribution < 1.29 is 22.7 Å². The molecule has 2 rings (SSSR count). The lowest BCUT2D eigenvalue weighted by atomic mass is 10.1. The molecule has 1 aromatic rings. The van der Waals surface area contributed by atoms with Crippen molar-refractivity contribution in [3.63, 3.8) is 0 Å². The van der Waals surface area contributed by atoms with Gasteiger partial charge in [-0.05, 0) is 11.6 Å². The Morgan fingerprint density at radius 1 is 1.33 bits per heavy atom. The summed E-state index contributed by atoms with van der Waals surface area (Å²) < 4.78 is 39.7. The summed E-state index contributed by atoms with van der Waals surface area (Å²) >= 11 is 0. The van der Waals surface area contributed by atoms with Gasteiger partial charge in [0.25, 0.3) is 0 Å². The van der Waals surface area contributed by atoms with E-state index < -0.39 is 6.36 Å². The first kappa shape index (κ1) is 9.82. The van der Waals surface area contributed by atoms with Crippen molar-refractivity contribution in [1.29, 1.82) is 0 Å². The Balaban J connectivity index is 2.35. The van der Waals surface area contributed by atoms with Crippen LogP contribution in [0.5, 0.6) is 5.75 Å². The number of ether oxygens (including phenoxy) is 1. The standard InChI is InChI=1S/C9H6F3NO2/c10-9(11,12)15-6-3-1-2-5-4-7(14)13-8(5)6/h1-3H,4H2,(H,13,14). The van der Waals surface area contributed by atoms with Crippen LogP contribution in [0.4, 0.5) is 18.9 Å². The fraction of sp³-hybridized carbons (Fsp3) is 0.222. The first-order chi connectivity index (χ1) is 6.96. The fourth-order valence-corrected chi connectivity index (χ4v) is 1.43. The monoisotopic (exact) mass is 217 g/mol. The second-order valence-corrected chi connectivity index (χ2v) is 3.06. The number of carbonyl (C=O) groups is 1. The van der Waals surface area contributed by atoms with Crippen molar-refractivity contribution >= 4 is 11.6 Å². The maximum Gasteiger partial charge on any atom is 0.573 e. The van der Waals surface area contributed by atoms with E-state index in [1.807, 2.05) is 0 Å². The SMILES string of the molecule is O=C1Cc2cccc(OC(F)(F)F)c2N1. The lowest BCUT2D eigenvalue weighted by Gasteiger charge is -2.11. The smallest absolute Gasteiger partial charge is 0.404 e. The third-order valence-electron chi connectivity index (χ3n) is 1.95. The van der Waals surface area contributed by atoms with Crippen LogP contribution in [0.3, 0.4) is 0 Å². The molecular formula is C9H6F3NO2. The van der Waals surface area contributed by atoms with E-state index in [1.54, 1.807) is 6.07 Å². The van der Waals surface area contributed by atoms with Gasteiger partial charge in [-0.15, -0.1) is 13.2 Å². The summed E-state index contributed by atoms with van der Waals surface area (Å²) in [4.78, 5) is 11.0. The highest BCUT2D eigenvalue weighted by molar-refractivity contribution is 6.00. The van der Waals surface area contributed by atoms with Crippen molar-refractivity contribution in [2.45, 2.75) is 12.8 Å². The van der Waals surface area contributed by atoms with Crippen molar-refractivity contribution in [3.05, 3.63) is 23.8 Å². The highest BCUT2D eigenvalue weighted by atomic mass is 19.4. The largest absolute Gasteiger partial charge is 0.573 e. The molecule has 6 heteroatoms. The molecule has 0 saturated carbocycles. The Morgan fingerprint density at radius 2 is 2.07 bits per heavy atom. The molecule has 1 aliphatic rings. The Bertz CT molecular complexity index is 414. The van der Waals surface area contributed by atoms with Crippen molar-refractivity contribution in [3.8, 4) is 5.75 Å². The van der Waals surface area contributed by atoms with Crippen LogP contribution in [-0.4, -0.2) is 12.3 Å². The summed E-state index contributed by atoms with van der Waals surface area (Å²) in [5, 5.41) is 2.32. The average Bonchev–Trinajstić information content (AvgIpc) is 2.43. The van der Waals surface area contributed by atoms with E-state index in [2.05, 4.69) is 10.1 Å². The Hall–Kier alpha value is -1.72. The van der Waals surface area contributed by atoms with Crippen LogP contribution in [0.15, 0.2) is 18.2 Å². The van der Waals surface area contributed by atoms with Gasteiger partial charge >= 0.3 is 6.36 Å². The molecular weight excluding hydrogens is 211 g/mol. The third kappa shape index (κ3) is 2.03. The minimum atomic E-state index is -4.75. The van der Waals surface area contributed by atoms with E-state index in [4.69, 9.17) is 0 Å². The molecule has 0 unspecified atom stereocenters. The number of anilines is 1. The second kappa shape index (κ2) is 3.15. The minimum Gasteiger partial charge on any atom is -0.404 e. The predicted octanol–water partition coefficient (Wildman–Crippen LogP) is 2.08. The number of carbonyl (C=O) groups excluding carboxylic acids is 1. The summed E-state index contributed by atoms with van der Waals surface area (Å²) in [5.74, 6) is -0.700. The van der Waals surface area contributed by atoms with Gasteiger partial charge in [0, 0.05) is 0 Å². The molecule has 0 atom stereocenters.